The molecule has 2 aromatic rings. The predicted molar refractivity (Wildman–Crippen MR) is 103 cm³/mol. The van der Waals surface area contributed by atoms with Gasteiger partial charge in [0.05, 0.1) is 0 Å². The van der Waals surface area contributed by atoms with Gasteiger partial charge in [0.1, 0.15) is 0 Å². The molecule has 2 rings (SSSR count). The third-order valence-electron chi connectivity index (χ3n) is 2.65. The summed E-state index contributed by atoms with van der Waals surface area (Å²) >= 11 is 0. The molecule has 0 unspecified atom stereocenters. The summed E-state index contributed by atoms with van der Waals surface area (Å²) < 4.78 is 0. The van der Waals surface area contributed by atoms with Crippen molar-refractivity contribution in [2.24, 2.45) is 0 Å². The van der Waals surface area contributed by atoms with Crippen molar-refractivity contribution < 1.29 is 4.79 Å². The molecule has 2 aromatic carbocycles. The van der Waals surface area contributed by atoms with Gasteiger partial charge in [-0.25, -0.2) is 4.79 Å². The molecule has 0 fully saturated rings. The first-order valence-electron chi connectivity index (χ1n) is 8.05. The number of nitrogens with zero attached hydrogens (tertiary/aromatic N) is 1. The third-order valence-corrected chi connectivity index (χ3v) is 2.65. The number of amides is 2. The maximum atomic E-state index is 11.8. The second kappa shape index (κ2) is 12.1. The summed E-state index contributed by atoms with van der Waals surface area (Å²) in [5, 5.41) is 5.58. The summed E-state index contributed by atoms with van der Waals surface area (Å²) in [6.07, 6.45) is 0. The Labute approximate surface area is 140 Å². The van der Waals surface area contributed by atoms with Crippen LogP contribution in [0.2, 0.25) is 0 Å². The van der Waals surface area contributed by atoms with Gasteiger partial charge < -0.3 is 15.5 Å². The number of para-hydroxylation sites is 1. The van der Waals surface area contributed by atoms with E-state index in [-0.39, 0.29) is 6.03 Å². The molecule has 0 heterocycles. The van der Waals surface area contributed by atoms with Gasteiger partial charge in [-0.15, -0.1) is 0 Å². The largest absolute Gasteiger partial charge is 0.378 e. The molecule has 0 aliphatic carbocycles. The quantitative estimate of drug-likeness (QED) is 0.791. The van der Waals surface area contributed by atoms with Gasteiger partial charge in [-0.05, 0) is 30.3 Å². The number of benzene rings is 2. The normalized spacial score (nSPS) is 8.61. The lowest BCUT2D eigenvalue weighted by molar-refractivity contribution is 0.262. The lowest BCUT2D eigenvalue weighted by Gasteiger charge is -2.14. The van der Waals surface area contributed by atoms with Crippen LogP contribution in [0.5, 0.6) is 0 Å². The molecule has 0 saturated carbocycles. The molecular weight excluding hydrogens is 286 g/mol. The van der Waals surface area contributed by atoms with Gasteiger partial charge in [0.15, 0.2) is 0 Å². The van der Waals surface area contributed by atoms with Crippen LogP contribution in [0.25, 0.3) is 0 Å². The summed E-state index contributed by atoms with van der Waals surface area (Å²) in [5.74, 6) is 0. The fraction of sp³-hybridized carbons (Fsp3) is 0.316. The minimum atomic E-state index is -0.248. The van der Waals surface area contributed by atoms with Crippen LogP contribution in [-0.2, 0) is 0 Å². The van der Waals surface area contributed by atoms with Crippen molar-refractivity contribution >= 4 is 23.1 Å². The van der Waals surface area contributed by atoms with Gasteiger partial charge in [-0.1, -0.05) is 52.0 Å². The van der Waals surface area contributed by atoms with E-state index in [1.165, 1.54) is 0 Å². The van der Waals surface area contributed by atoms with Gasteiger partial charge >= 0.3 is 6.03 Å². The molecular formula is C19H29N3O. The van der Waals surface area contributed by atoms with Crippen LogP contribution in [0.15, 0.2) is 54.6 Å². The Morgan fingerprint density at radius 1 is 0.783 bits per heavy atom. The van der Waals surface area contributed by atoms with E-state index in [0.717, 1.165) is 17.1 Å². The van der Waals surface area contributed by atoms with E-state index in [9.17, 15) is 4.79 Å². The minimum absolute atomic E-state index is 0.248. The molecule has 2 N–H and O–H groups in total. The second-order valence-corrected chi connectivity index (χ2v) is 4.39. The zero-order valence-electron chi connectivity index (χ0n) is 15.1. The molecule has 0 bridgehead atoms. The maximum Gasteiger partial charge on any atom is 0.323 e. The lowest BCUT2D eigenvalue weighted by Crippen LogP contribution is -2.19. The minimum Gasteiger partial charge on any atom is -0.378 e. The van der Waals surface area contributed by atoms with E-state index in [4.69, 9.17) is 0 Å². The van der Waals surface area contributed by atoms with E-state index < -0.39 is 0 Å². The van der Waals surface area contributed by atoms with Crippen LogP contribution in [0.3, 0.4) is 0 Å². The molecule has 4 nitrogen and oxygen atoms in total. The number of nitrogens with one attached hydrogen (secondary N) is 2. The number of hydrogen-bond acceptors (Lipinski definition) is 2. The molecule has 0 aromatic heterocycles. The van der Waals surface area contributed by atoms with Crippen molar-refractivity contribution in [2.45, 2.75) is 27.7 Å². The average molecular weight is 315 g/mol. The number of anilines is 3. The van der Waals surface area contributed by atoms with Gasteiger partial charge in [0.2, 0.25) is 0 Å². The van der Waals surface area contributed by atoms with Gasteiger partial charge in [-0.3, -0.25) is 0 Å². The van der Waals surface area contributed by atoms with Gasteiger partial charge in [0, 0.05) is 31.2 Å². The fourth-order valence-corrected chi connectivity index (χ4v) is 1.68. The van der Waals surface area contributed by atoms with E-state index in [1.54, 1.807) is 0 Å². The number of rotatable bonds is 3. The topological polar surface area (TPSA) is 44.4 Å². The standard InChI is InChI=1S/C15H17N3O.2C2H6/c1-18(2)14-10-6-9-13(11-14)17-15(19)16-12-7-4-3-5-8-12;2*1-2/h3-11H,1-2H3,(H2,16,17,19);2*1-2H3. The summed E-state index contributed by atoms with van der Waals surface area (Å²) in [5.41, 5.74) is 2.57. The average Bonchev–Trinajstić information content (AvgIpc) is 2.59. The highest BCUT2D eigenvalue weighted by Gasteiger charge is 2.03. The molecule has 23 heavy (non-hydrogen) atoms. The fourth-order valence-electron chi connectivity index (χ4n) is 1.68. The first kappa shape index (κ1) is 20.5. The lowest BCUT2D eigenvalue weighted by atomic mass is 10.2. The second-order valence-electron chi connectivity index (χ2n) is 4.39. The van der Waals surface area contributed by atoms with Crippen LogP contribution in [0, 0.1) is 0 Å². The Bertz CT molecular complexity index is 554. The van der Waals surface area contributed by atoms with Crippen LogP contribution in [-0.4, -0.2) is 20.1 Å². The molecule has 0 spiro atoms. The first-order chi connectivity index (χ1) is 11.1. The Kier molecular flexibility index (Phi) is 10.8. The Balaban J connectivity index is 0.00000112. The van der Waals surface area contributed by atoms with Crippen LogP contribution in [0.4, 0.5) is 21.9 Å². The molecule has 0 radical (unpaired) electrons. The van der Waals surface area contributed by atoms with E-state index in [1.807, 2.05) is 101 Å². The molecule has 126 valence electrons. The highest BCUT2D eigenvalue weighted by molar-refractivity contribution is 5.99. The van der Waals surface area contributed by atoms with Crippen LogP contribution in [0.1, 0.15) is 27.7 Å². The molecule has 0 aliphatic rings. The Morgan fingerprint density at radius 3 is 1.87 bits per heavy atom. The zero-order chi connectivity index (χ0) is 17.7. The highest BCUT2D eigenvalue weighted by atomic mass is 16.2. The van der Waals surface area contributed by atoms with Crippen molar-refractivity contribution in [3.8, 4) is 0 Å². The number of hydrogen-bond donors (Lipinski definition) is 2. The maximum absolute atomic E-state index is 11.8. The molecule has 2 amide bonds. The van der Waals surface area contributed by atoms with Crippen molar-refractivity contribution in [3.05, 3.63) is 54.6 Å². The number of carbonyl (C=O) groups excluding carboxylic acids is 1. The van der Waals surface area contributed by atoms with Crippen molar-refractivity contribution in [2.75, 3.05) is 29.6 Å². The molecule has 0 saturated heterocycles. The van der Waals surface area contributed by atoms with Gasteiger partial charge in [-0.2, -0.15) is 0 Å². The van der Waals surface area contributed by atoms with Crippen molar-refractivity contribution in [3.63, 3.8) is 0 Å². The summed E-state index contributed by atoms with van der Waals surface area (Å²) in [4.78, 5) is 13.8. The third kappa shape index (κ3) is 7.90. The van der Waals surface area contributed by atoms with E-state index >= 15 is 0 Å². The Hall–Kier alpha value is -2.49. The molecule has 0 atom stereocenters. The monoisotopic (exact) mass is 315 g/mol. The van der Waals surface area contributed by atoms with E-state index in [0.29, 0.717) is 0 Å². The smallest absolute Gasteiger partial charge is 0.323 e. The number of carbonyl (C=O) groups is 1. The zero-order valence-corrected chi connectivity index (χ0v) is 15.1. The van der Waals surface area contributed by atoms with Crippen LogP contribution < -0.4 is 15.5 Å². The molecule has 0 aliphatic heterocycles. The predicted octanol–water partition coefficient (Wildman–Crippen LogP) is 5.45. The SMILES string of the molecule is CC.CC.CN(C)c1cccc(NC(=O)Nc2ccccc2)c1. The van der Waals surface area contributed by atoms with E-state index in [2.05, 4.69) is 10.6 Å². The van der Waals surface area contributed by atoms with Crippen molar-refractivity contribution in [1.29, 1.82) is 0 Å². The summed E-state index contributed by atoms with van der Waals surface area (Å²) in [6, 6.07) is 16.8. The van der Waals surface area contributed by atoms with Gasteiger partial charge in [0.25, 0.3) is 0 Å². The first-order valence-corrected chi connectivity index (χ1v) is 8.05. The van der Waals surface area contributed by atoms with Crippen molar-refractivity contribution in [1.82, 2.24) is 0 Å². The highest BCUT2D eigenvalue weighted by Crippen LogP contribution is 2.17. The summed E-state index contributed by atoms with van der Waals surface area (Å²) in [6.45, 7) is 8.00. The summed E-state index contributed by atoms with van der Waals surface area (Å²) in [7, 11) is 3.92. The number of urea groups is 1. The Morgan fingerprint density at radius 2 is 1.30 bits per heavy atom. The molecule has 4 heteroatoms. The van der Waals surface area contributed by atoms with Crippen LogP contribution >= 0.6 is 0 Å².